The Morgan fingerprint density at radius 3 is 0.723 bits per heavy atom. The highest BCUT2D eigenvalue weighted by Gasteiger charge is 2.30. The van der Waals surface area contributed by atoms with Crippen molar-refractivity contribution in [1.29, 1.82) is 0 Å². The smallest absolute Gasteiger partial charge is 0.462 e. The lowest BCUT2D eigenvalue weighted by molar-refractivity contribution is -0.161. The number of hydrogen-bond acceptors (Lipinski definition) is 15. The molecule has 3 N–H and O–H groups in total. The van der Waals surface area contributed by atoms with Crippen molar-refractivity contribution in [2.24, 2.45) is 5.92 Å². The Kier molecular flexibility index (Phi) is 66.8. The molecular formula is C75H146O17P2. The summed E-state index contributed by atoms with van der Waals surface area (Å²) in [5.74, 6) is -1.39. The Morgan fingerprint density at radius 1 is 0.287 bits per heavy atom. The molecule has 0 aliphatic rings. The van der Waals surface area contributed by atoms with Crippen molar-refractivity contribution < 1.29 is 80.2 Å². The average Bonchev–Trinajstić information content (AvgIpc) is 3.04. The number of carbonyl (C=O) groups excluding carboxylic acids is 4. The van der Waals surface area contributed by atoms with Gasteiger partial charge in [-0.25, -0.2) is 9.13 Å². The van der Waals surface area contributed by atoms with Crippen LogP contribution in [0.2, 0.25) is 0 Å². The van der Waals surface area contributed by atoms with Crippen molar-refractivity contribution in [3.05, 3.63) is 0 Å². The van der Waals surface area contributed by atoms with Crippen molar-refractivity contribution in [1.82, 2.24) is 0 Å². The molecule has 94 heavy (non-hydrogen) atoms. The summed E-state index contributed by atoms with van der Waals surface area (Å²) in [6.45, 7) is 7.17. The SMILES string of the molecule is CCCCCCCCCCCCCCCCCCCCCCCC(=O)O[C@H](COC(=O)CCCCCCCCCCCCCCCCCC)COP(=O)(O)OC[C@@H](O)COP(=O)(O)OC[C@@H](COC(=O)CCCCCCC)OC(=O)CCCCCCCCCCCC(C)C. The average molecular weight is 1380 g/mol. The summed E-state index contributed by atoms with van der Waals surface area (Å²) < 4.78 is 68.2. The summed E-state index contributed by atoms with van der Waals surface area (Å²) in [6.07, 6.45) is 57.5. The van der Waals surface area contributed by atoms with Gasteiger partial charge in [0.25, 0.3) is 0 Å². The van der Waals surface area contributed by atoms with Crippen LogP contribution in [0.4, 0.5) is 0 Å². The number of aliphatic hydroxyl groups is 1. The van der Waals surface area contributed by atoms with Gasteiger partial charge in [-0.2, -0.15) is 0 Å². The van der Waals surface area contributed by atoms with E-state index < -0.39 is 97.5 Å². The Morgan fingerprint density at radius 2 is 0.489 bits per heavy atom. The van der Waals surface area contributed by atoms with Crippen molar-refractivity contribution in [2.45, 2.75) is 412 Å². The zero-order valence-electron chi connectivity index (χ0n) is 61.1. The fourth-order valence-electron chi connectivity index (χ4n) is 11.5. The Balaban J connectivity index is 5.12. The van der Waals surface area contributed by atoms with E-state index in [1.165, 1.54) is 212 Å². The summed E-state index contributed by atoms with van der Waals surface area (Å²) in [6, 6.07) is 0. The number of rotatable bonds is 75. The van der Waals surface area contributed by atoms with Gasteiger partial charge in [0.05, 0.1) is 26.4 Å². The fourth-order valence-corrected chi connectivity index (χ4v) is 13.1. The summed E-state index contributed by atoms with van der Waals surface area (Å²) in [5.41, 5.74) is 0. The third-order valence-electron chi connectivity index (χ3n) is 17.5. The molecule has 0 aliphatic carbocycles. The molecule has 0 rings (SSSR count). The van der Waals surface area contributed by atoms with Crippen molar-refractivity contribution in [2.75, 3.05) is 39.6 Å². The van der Waals surface area contributed by atoms with Gasteiger partial charge in [-0.3, -0.25) is 37.3 Å². The molecule has 0 aromatic heterocycles. The largest absolute Gasteiger partial charge is 0.472 e. The minimum atomic E-state index is -4.95. The minimum Gasteiger partial charge on any atom is -0.462 e. The zero-order chi connectivity index (χ0) is 69.1. The Labute approximate surface area is 575 Å². The van der Waals surface area contributed by atoms with E-state index in [1.807, 2.05) is 0 Å². The predicted octanol–water partition coefficient (Wildman–Crippen LogP) is 22.1. The number of hydrogen-bond donors (Lipinski definition) is 3. The molecule has 0 aromatic rings. The number of aliphatic hydroxyl groups excluding tert-OH is 1. The highest BCUT2D eigenvalue weighted by Crippen LogP contribution is 2.45. The molecule has 558 valence electrons. The number of phosphoric acid groups is 2. The first-order valence-corrected chi connectivity index (χ1v) is 42.1. The molecule has 0 bridgehead atoms. The van der Waals surface area contributed by atoms with E-state index in [-0.39, 0.29) is 25.7 Å². The number of esters is 4. The molecule has 2 unspecified atom stereocenters. The first-order chi connectivity index (χ1) is 45.5. The normalized spacial score (nSPS) is 14.0. The van der Waals surface area contributed by atoms with Gasteiger partial charge in [-0.05, 0) is 31.6 Å². The van der Waals surface area contributed by atoms with Gasteiger partial charge in [0, 0.05) is 25.7 Å². The molecule has 0 fully saturated rings. The quantitative estimate of drug-likeness (QED) is 0.0222. The van der Waals surface area contributed by atoms with Crippen LogP contribution in [-0.2, 0) is 65.4 Å². The maximum atomic E-state index is 13.1. The summed E-state index contributed by atoms with van der Waals surface area (Å²) >= 11 is 0. The first kappa shape index (κ1) is 92.1. The van der Waals surface area contributed by atoms with Crippen LogP contribution in [0.5, 0.6) is 0 Å². The van der Waals surface area contributed by atoms with E-state index >= 15 is 0 Å². The van der Waals surface area contributed by atoms with Gasteiger partial charge < -0.3 is 33.8 Å². The van der Waals surface area contributed by atoms with Gasteiger partial charge in [-0.15, -0.1) is 0 Å². The summed E-state index contributed by atoms with van der Waals surface area (Å²) in [7, 11) is -9.90. The first-order valence-electron chi connectivity index (χ1n) is 39.1. The van der Waals surface area contributed by atoms with E-state index in [0.29, 0.717) is 25.7 Å². The van der Waals surface area contributed by atoms with Crippen LogP contribution >= 0.6 is 15.6 Å². The molecule has 0 spiro atoms. The molecular weight excluding hydrogens is 1230 g/mol. The molecule has 5 atom stereocenters. The van der Waals surface area contributed by atoms with Gasteiger partial charge >= 0.3 is 39.5 Å². The second-order valence-corrected chi connectivity index (χ2v) is 30.4. The lowest BCUT2D eigenvalue weighted by Gasteiger charge is -2.21. The maximum Gasteiger partial charge on any atom is 0.472 e. The molecule has 17 nitrogen and oxygen atoms in total. The van der Waals surface area contributed by atoms with Crippen LogP contribution in [-0.4, -0.2) is 96.7 Å². The van der Waals surface area contributed by atoms with Crippen molar-refractivity contribution >= 4 is 39.5 Å². The molecule has 0 aliphatic heterocycles. The number of unbranched alkanes of at least 4 members (excludes halogenated alkanes) is 47. The van der Waals surface area contributed by atoms with E-state index in [1.54, 1.807) is 0 Å². The topological polar surface area (TPSA) is 237 Å². The second-order valence-electron chi connectivity index (χ2n) is 27.5. The lowest BCUT2D eigenvalue weighted by Crippen LogP contribution is -2.30. The van der Waals surface area contributed by atoms with Gasteiger partial charge in [0.15, 0.2) is 12.2 Å². The number of ether oxygens (including phenoxy) is 4. The van der Waals surface area contributed by atoms with Crippen LogP contribution < -0.4 is 0 Å². The van der Waals surface area contributed by atoms with E-state index in [2.05, 4.69) is 34.6 Å². The highest BCUT2D eigenvalue weighted by molar-refractivity contribution is 7.47. The summed E-state index contributed by atoms with van der Waals surface area (Å²) in [5, 5.41) is 10.6. The molecule has 0 heterocycles. The standard InChI is InChI=1S/C75H146O17P2/c1-6-9-12-15-17-19-21-23-25-27-28-29-30-31-33-35-37-41-45-50-55-60-74(79)92-71(65-86-73(78)59-54-49-44-40-36-34-32-26-24-22-20-18-16-13-10-7-2)67-90-94(83,84)88-63-69(76)62-87-93(81,82)89-66-70(64-85-72(77)58-53-47-14-11-8-3)91-75(80)61-56-51-46-42-38-39-43-48-52-57-68(4)5/h68-71,76H,6-67H2,1-5H3,(H,81,82)(H,83,84)/t69-,70+,71+/m0/s1. The highest BCUT2D eigenvalue weighted by atomic mass is 31.2. The predicted molar refractivity (Wildman–Crippen MR) is 382 cm³/mol. The van der Waals surface area contributed by atoms with Crippen LogP contribution in [0, 0.1) is 5.92 Å². The maximum absolute atomic E-state index is 13.1. The Hall–Kier alpha value is -1.94. The van der Waals surface area contributed by atoms with E-state index in [4.69, 9.17) is 37.0 Å². The molecule has 0 radical (unpaired) electrons. The van der Waals surface area contributed by atoms with Crippen LogP contribution in [0.3, 0.4) is 0 Å². The van der Waals surface area contributed by atoms with Gasteiger partial charge in [0.2, 0.25) is 0 Å². The van der Waals surface area contributed by atoms with Crippen LogP contribution in [0.25, 0.3) is 0 Å². The molecule has 0 saturated carbocycles. The monoisotopic (exact) mass is 1380 g/mol. The second kappa shape index (κ2) is 68.2. The minimum absolute atomic E-state index is 0.105. The zero-order valence-corrected chi connectivity index (χ0v) is 62.9. The van der Waals surface area contributed by atoms with Crippen molar-refractivity contribution in [3.63, 3.8) is 0 Å². The van der Waals surface area contributed by atoms with Crippen molar-refractivity contribution in [3.8, 4) is 0 Å². The molecule has 19 heteroatoms. The fraction of sp³-hybridized carbons (Fsp3) is 0.947. The number of phosphoric ester groups is 2. The third-order valence-corrected chi connectivity index (χ3v) is 19.4. The molecule has 0 aromatic carbocycles. The van der Waals surface area contributed by atoms with Crippen LogP contribution in [0.15, 0.2) is 0 Å². The molecule has 0 saturated heterocycles. The van der Waals surface area contributed by atoms with Crippen LogP contribution in [0.1, 0.15) is 394 Å². The third kappa shape index (κ3) is 68.6. The number of carbonyl (C=O) groups is 4. The Bertz CT molecular complexity index is 1810. The van der Waals surface area contributed by atoms with Gasteiger partial charge in [0.1, 0.15) is 19.3 Å². The van der Waals surface area contributed by atoms with E-state index in [0.717, 1.165) is 102 Å². The van der Waals surface area contributed by atoms with Gasteiger partial charge in [-0.1, -0.05) is 343 Å². The lowest BCUT2D eigenvalue weighted by atomic mass is 10.0. The molecule has 0 amide bonds. The summed E-state index contributed by atoms with van der Waals surface area (Å²) in [4.78, 5) is 72.5. The van der Waals surface area contributed by atoms with E-state index in [9.17, 15) is 43.2 Å².